The Kier molecular flexibility index (Phi) is 4.59. The van der Waals surface area contributed by atoms with Gasteiger partial charge < -0.3 is 9.84 Å². The average molecular weight is 293 g/mol. The van der Waals surface area contributed by atoms with Gasteiger partial charge in [0.2, 0.25) is 0 Å². The summed E-state index contributed by atoms with van der Waals surface area (Å²) in [5.41, 5.74) is 0.128. The molecule has 0 aromatic heterocycles. The smallest absolute Gasteiger partial charge is 0.339 e. The van der Waals surface area contributed by atoms with Crippen LogP contribution in [0, 0.1) is 6.92 Å². The van der Waals surface area contributed by atoms with E-state index in [2.05, 4.69) is 0 Å². The number of hydrogen-bond acceptors (Lipinski definition) is 4. The minimum Gasteiger partial charge on any atom is -0.492 e. The van der Waals surface area contributed by atoms with Gasteiger partial charge in [-0.1, -0.05) is 6.92 Å². The van der Waals surface area contributed by atoms with Crippen LogP contribution in [0.2, 0.25) is 0 Å². The minimum atomic E-state index is -3.92. The first-order valence-corrected chi connectivity index (χ1v) is 7.54. The predicted octanol–water partition coefficient (Wildman–Crippen LogP) is 2.41. The first kappa shape index (κ1) is 14.8. The lowest BCUT2D eigenvalue weighted by atomic mass is 10.1. The number of carboxylic acid groups (broad SMARTS) is 1. The molecule has 0 radical (unpaired) electrons. The highest BCUT2D eigenvalue weighted by atomic mass is 35.7. The van der Waals surface area contributed by atoms with Crippen LogP contribution in [0.5, 0.6) is 5.75 Å². The quantitative estimate of drug-likeness (QED) is 0.843. The molecule has 0 amide bonds. The van der Waals surface area contributed by atoms with E-state index in [1.165, 1.54) is 19.1 Å². The summed E-state index contributed by atoms with van der Waals surface area (Å²) in [6.45, 7) is 3.62. The Hall–Kier alpha value is -1.27. The average Bonchev–Trinajstić information content (AvgIpc) is 2.25. The van der Waals surface area contributed by atoms with Crippen LogP contribution in [0.4, 0.5) is 0 Å². The van der Waals surface area contributed by atoms with E-state index >= 15 is 0 Å². The number of carbonyl (C=O) groups is 1. The zero-order chi connectivity index (χ0) is 13.9. The van der Waals surface area contributed by atoms with Crippen LogP contribution < -0.4 is 4.74 Å². The summed E-state index contributed by atoms with van der Waals surface area (Å²) in [6, 6.07) is 2.34. The van der Waals surface area contributed by atoms with Crippen molar-refractivity contribution in [1.82, 2.24) is 0 Å². The molecule has 0 aliphatic carbocycles. The number of benzene rings is 1. The van der Waals surface area contributed by atoms with Gasteiger partial charge in [-0.05, 0) is 25.5 Å². The summed E-state index contributed by atoms with van der Waals surface area (Å²) in [5.74, 6) is -1.13. The van der Waals surface area contributed by atoms with Crippen LogP contribution in [-0.2, 0) is 9.05 Å². The molecular weight excluding hydrogens is 280 g/mol. The Labute approximate surface area is 110 Å². The Morgan fingerprint density at radius 1 is 1.44 bits per heavy atom. The summed E-state index contributed by atoms with van der Waals surface area (Å²) in [7, 11) is 1.35. The zero-order valence-corrected chi connectivity index (χ0v) is 11.5. The maximum atomic E-state index is 11.3. The second-order valence-electron chi connectivity index (χ2n) is 3.66. The maximum absolute atomic E-state index is 11.3. The van der Waals surface area contributed by atoms with E-state index in [0.29, 0.717) is 13.0 Å². The molecule has 0 heterocycles. The second kappa shape index (κ2) is 5.58. The Morgan fingerprint density at radius 2 is 2.06 bits per heavy atom. The third kappa shape index (κ3) is 3.14. The molecule has 0 aliphatic heterocycles. The molecule has 7 heteroatoms. The highest BCUT2D eigenvalue weighted by Crippen LogP contribution is 2.31. The number of carboxylic acids is 1. The van der Waals surface area contributed by atoms with E-state index in [1.54, 1.807) is 0 Å². The fraction of sp³-hybridized carbons (Fsp3) is 0.364. The summed E-state index contributed by atoms with van der Waals surface area (Å²) in [6.07, 6.45) is 0.677. The van der Waals surface area contributed by atoms with Gasteiger partial charge in [-0.25, -0.2) is 13.2 Å². The molecule has 18 heavy (non-hydrogen) atoms. The van der Waals surface area contributed by atoms with Crippen LogP contribution >= 0.6 is 10.7 Å². The van der Waals surface area contributed by atoms with E-state index in [9.17, 15) is 13.2 Å². The molecule has 1 N–H and O–H groups in total. The third-order valence-electron chi connectivity index (χ3n) is 2.30. The van der Waals surface area contributed by atoms with Gasteiger partial charge >= 0.3 is 5.97 Å². The van der Waals surface area contributed by atoms with Crippen LogP contribution in [0.15, 0.2) is 17.0 Å². The molecule has 5 nitrogen and oxygen atoms in total. The zero-order valence-electron chi connectivity index (χ0n) is 9.94. The monoisotopic (exact) mass is 292 g/mol. The number of aromatic carboxylic acids is 1. The number of ether oxygens (including phenoxy) is 1. The Morgan fingerprint density at radius 3 is 2.50 bits per heavy atom. The van der Waals surface area contributed by atoms with E-state index in [-0.39, 0.29) is 21.8 Å². The Balaban J connectivity index is 3.44. The van der Waals surface area contributed by atoms with Gasteiger partial charge in [0.15, 0.2) is 0 Å². The first-order valence-electron chi connectivity index (χ1n) is 5.23. The summed E-state index contributed by atoms with van der Waals surface area (Å²) >= 11 is 0. The predicted molar refractivity (Wildman–Crippen MR) is 67.0 cm³/mol. The lowest BCUT2D eigenvalue weighted by molar-refractivity contribution is 0.0692. The molecule has 0 saturated carbocycles. The van der Waals surface area contributed by atoms with Crippen molar-refractivity contribution in [2.24, 2.45) is 0 Å². The molecule has 0 aliphatic rings. The van der Waals surface area contributed by atoms with Gasteiger partial charge in [-0.3, -0.25) is 0 Å². The normalized spacial score (nSPS) is 11.3. The van der Waals surface area contributed by atoms with Crippen molar-refractivity contribution in [2.45, 2.75) is 25.2 Å². The highest BCUT2D eigenvalue weighted by molar-refractivity contribution is 8.13. The molecule has 0 saturated heterocycles. The largest absolute Gasteiger partial charge is 0.492 e. The topological polar surface area (TPSA) is 80.7 Å². The molecule has 1 aromatic carbocycles. The molecular formula is C11H13ClO5S. The van der Waals surface area contributed by atoms with Crippen molar-refractivity contribution in [3.63, 3.8) is 0 Å². The van der Waals surface area contributed by atoms with Gasteiger partial charge in [-0.15, -0.1) is 0 Å². The van der Waals surface area contributed by atoms with Gasteiger partial charge in [-0.2, -0.15) is 0 Å². The van der Waals surface area contributed by atoms with Crippen LogP contribution in [0.1, 0.15) is 29.3 Å². The van der Waals surface area contributed by atoms with Crippen molar-refractivity contribution >= 4 is 25.7 Å². The summed E-state index contributed by atoms with van der Waals surface area (Å²) < 4.78 is 28.0. The molecule has 100 valence electrons. The molecule has 1 aromatic rings. The minimum absolute atomic E-state index is 0.0473. The van der Waals surface area contributed by atoms with Gasteiger partial charge in [0, 0.05) is 16.2 Å². The Bertz CT molecular complexity index is 565. The van der Waals surface area contributed by atoms with E-state index < -0.39 is 15.0 Å². The van der Waals surface area contributed by atoms with E-state index in [4.69, 9.17) is 20.5 Å². The van der Waals surface area contributed by atoms with Crippen molar-refractivity contribution in [3.05, 3.63) is 23.3 Å². The molecule has 1 rings (SSSR count). The lowest BCUT2D eigenvalue weighted by Crippen LogP contribution is -2.08. The summed E-state index contributed by atoms with van der Waals surface area (Å²) in [5, 5.41) is 9.02. The first-order chi connectivity index (χ1) is 8.29. The van der Waals surface area contributed by atoms with Crippen molar-refractivity contribution in [3.8, 4) is 5.75 Å². The second-order valence-corrected chi connectivity index (χ2v) is 6.19. The van der Waals surface area contributed by atoms with Gasteiger partial charge in [0.25, 0.3) is 9.05 Å². The standard InChI is InChI=1S/C11H13ClO5S/c1-3-6-17-10-7(2)9(18(12,15)16)5-4-8(10)11(13)14/h4-5H,3,6H2,1-2H3,(H,13,14). The van der Waals surface area contributed by atoms with Crippen LogP contribution in [0.25, 0.3) is 0 Å². The molecule has 0 fully saturated rings. The molecule has 0 bridgehead atoms. The summed E-state index contributed by atoms with van der Waals surface area (Å²) in [4.78, 5) is 10.9. The molecule has 0 atom stereocenters. The van der Waals surface area contributed by atoms with Gasteiger partial charge in [0.05, 0.1) is 11.5 Å². The fourth-order valence-corrected chi connectivity index (χ4v) is 2.69. The third-order valence-corrected chi connectivity index (χ3v) is 3.77. The van der Waals surface area contributed by atoms with Crippen molar-refractivity contribution in [2.75, 3.05) is 6.61 Å². The maximum Gasteiger partial charge on any atom is 0.339 e. The molecule has 0 unspecified atom stereocenters. The van der Waals surface area contributed by atoms with Crippen molar-refractivity contribution in [1.29, 1.82) is 0 Å². The SMILES string of the molecule is CCCOc1c(C(=O)O)ccc(S(=O)(=O)Cl)c1C. The van der Waals surface area contributed by atoms with E-state index in [0.717, 1.165) is 0 Å². The lowest BCUT2D eigenvalue weighted by Gasteiger charge is -2.13. The molecule has 0 spiro atoms. The number of rotatable bonds is 5. The fourth-order valence-electron chi connectivity index (χ4n) is 1.50. The number of hydrogen-bond donors (Lipinski definition) is 1. The van der Waals surface area contributed by atoms with Crippen molar-refractivity contribution < 1.29 is 23.1 Å². The van der Waals surface area contributed by atoms with Gasteiger partial charge in [0.1, 0.15) is 11.3 Å². The van der Waals surface area contributed by atoms with Crippen LogP contribution in [-0.4, -0.2) is 26.1 Å². The highest BCUT2D eigenvalue weighted by Gasteiger charge is 2.22. The van der Waals surface area contributed by atoms with Crippen LogP contribution in [0.3, 0.4) is 0 Å². The number of halogens is 1. The van der Waals surface area contributed by atoms with E-state index in [1.807, 2.05) is 6.92 Å².